The maximum atomic E-state index is 6.17. The molecule has 0 amide bonds. The van der Waals surface area contributed by atoms with E-state index in [9.17, 15) is 0 Å². The Morgan fingerprint density at radius 2 is 1.90 bits per heavy atom. The highest BCUT2D eigenvalue weighted by atomic mass is 16.6. The molecule has 0 spiro atoms. The van der Waals surface area contributed by atoms with Crippen molar-refractivity contribution < 1.29 is 9.47 Å². The maximum Gasteiger partial charge on any atom is 0.163 e. The molecule has 1 atom stereocenters. The van der Waals surface area contributed by atoms with Crippen LogP contribution in [0.15, 0.2) is 12.1 Å². The van der Waals surface area contributed by atoms with Crippen molar-refractivity contribution in [3.8, 4) is 11.5 Å². The molecule has 1 aromatic carbocycles. The summed E-state index contributed by atoms with van der Waals surface area (Å²) in [5.41, 5.74) is 8.13. The molecule has 1 fully saturated rings. The van der Waals surface area contributed by atoms with Gasteiger partial charge in [0, 0.05) is 18.3 Å². The van der Waals surface area contributed by atoms with E-state index in [1.165, 1.54) is 19.3 Å². The van der Waals surface area contributed by atoms with Crippen LogP contribution < -0.4 is 15.2 Å². The standard InChI is InChI=1S/C16H24N2O2/c1-12-3-2-5-18(6-4-12)11-13-9-15-16(10-14(13)17)20-8-7-19-15/h9-10,12H,2-8,11,17H2,1H3. The lowest BCUT2D eigenvalue weighted by Gasteiger charge is -2.24. The molecule has 2 N–H and O–H groups in total. The zero-order valence-corrected chi connectivity index (χ0v) is 12.2. The molecule has 2 aliphatic rings. The fourth-order valence-corrected chi connectivity index (χ4v) is 3.01. The lowest BCUT2D eigenvalue weighted by Crippen LogP contribution is -2.25. The van der Waals surface area contributed by atoms with Gasteiger partial charge in [-0.1, -0.05) is 6.92 Å². The summed E-state index contributed by atoms with van der Waals surface area (Å²) in [4.78, 5) is 2.51. The summed E-state index contributed by atoms with van der Waals surface area (Å²) in [7, 11) is 0. The predicted molar refractivity (Wildman–Crippen MR) is 80.1 cm³/mol. The SMILES string of the molecule is CC1CCCN(Cc2cc3c(cc2N)OCCO3)CC1. The average Bonchev–Trinajstić information content (AvgIpc) is 2.65. The van der Waals surface area contributed by atoms with Gasteiger partial charge in [0.1, 0.15) is 13.2 Å². The highest BCUT2D eigenvalue weighted by Gasteiger charge is 2.18. The number of likely N-dealkylation sites (tertiary alicyclic amines) is 1. The van der Waals surface area contributed by atoms with Crippen LogP contribution in [0.2, 0.25) is 0 Å². The number of nitrogen functional groups attached to an aromatic ring is 1. The number of benzene rings is 1. The molecule has 110 valence electrons. The van der Waals surface area contributed by atoms with E-state index >= 15 is 0 Å². The van der Waals surface area contributed by atoms with E-state index in [4.69, 9.17) is 15.2 Å². The Morgan fingerprint density at radius 1 is 1.15 bits per heavy atom. The van der Waals surface area contributed by atoms with E-state index in [0.29, 0.717) is 13.2 Å². The van der Waals surface area contributed by atoms with Crippen molar-refractivity contribution in [2.75, 3.05) is 32.0 Å². The highest BCUT2D eigenvalue weighted by Crippen LogP contribution is 2.35. The minimum Gasteiger partial charge on any atom is -0.486 e. The van der Waals surface area contributed by atoms with Gasteiger partial charge in [0.25, 0.3) is 0 Å². The molecule has 0 saturated carbocycles. The topological polar surface area (TPSA) is 47.7 Å². The molecule has 3 rings (SSSR count). The summed E-state index contributed by atoms with van der Waals surface area (Å²) in [5, 5.41) is 0. The zero-order chi connectivity index (χ0) is 13.9. The third kappa shape index (κ3) is 3.01. The largest absolute Gasteiger partial charge is 0.486 e. The summed E-state index contributed by atoms with van der Waals surface area (Å²) < 4.78 is 11.2. The number of hydrogen-bond donors (Lipinski definition) is 1. The number of hydrogen-bond acceptors (Lipinski definition) is 4. The number of rotatable bonds is 2. The normalized spacial score (nSPS) is 23.4. The van der Waals surface area contributed by atoms with Gasteiger partial charge in [-0.2, -0.15) is 0 Å². The number of nitrogens with two attached hydrogens (primary N) is 1. The van der Waals surface area contributed by atoms with Crippen molar-refractivity contribution in [3.63, 3.8) is 0 Å². The van der Waals surface area contributed by atoms with Crippen molar-refractivity contribution in [1.82, 2.24) is 4.90 Å². The Kier molecular flexibility index (Phi) is 4.01. The second kappa shape index (κ2) is 5.92. The molecule has 0 aromatic heterocycles. The number of anilines is 1. The van der Waals surface area contributed by atoms with Crippen LogP contribution >= 0.6 is 0 Å². The second-order valence-electron chi connectivity index (χ2n) is 6.01. The summed E-state index contributed by atoms with van der Waals surface area (Å²) in [6.45, 7) is 6.82. The van der Waals surface area contributed by atoms with Crippen LogP contribution in [-0.2, 0) is 6.54 Å². The van der Waals surface area contributed by atoms with Crippen LogP contribution in [0.3, 0.4) is 0 Å². The van der Waals surface area contributed by atoms with Gasteiger partial charge < -0.3 is 15.2 Å². The Hall–Kier alpha value is -1.42. The first-order valence-corrected chi connectivity index (χ1v) is 7.63. The van der Waals surface area contributed by atoms with Gasteiger partial charge in [-0.25, -0.2) is 0 Å². The fourth-order valence-electron chi connectivity index (χ4n) is 3.01. The molecule has 1 unspecified atom stereocenters. The smallest absolute Gasteiger partial charge is 0.163 e. The average molecular weight is 276 g/mol. The fraction of sp³-hybridized carbons (Fsp3) is 0.625. The van der Waals surface area contributed by atoms with Crippen LogP contribution in [-0.4, -0.2) is 31.2 Å². The van der Waals surface area contributed by atoms with Crippen molar-refractivity contribution in [3.05, 3.63) is 17.7 Å². The van der Waals surface area contributed by atoms with Gasteiger partial charge >= 0.3 is 0 Å². The molecule has 0 bridgehead atoms. The van der Waals surface area contributed by atoms with Gasteiger partial charge in [-0.05, 0) is 49.9 Å². The Bertz CT molecular complexity index is 476. The molecule has 1 aromatic rings. The van der Waals surface area contributed by atoms with Crippen LogP contribution in [0.25, 0.3) is 0 Å². The first kappa shape index (κ1) is 13.6. The molecule has 4 nitrogen and oxygen atoms in total. The van der Waals surface area contributed by atoms with Crippen molar-refractivity contribution >= 4 is 5.69 Å². The third-order valence-electron chi connectivity index (χ3n) is 4.31. The van der Waals surface area contributed by atoms with Crippen LogP contribution in [0, 0.1) is 5.92 Å². The Morgan fingerprint density at radius 3 is 2.70 bits per heavy atom. The molecule has 0 radical (unpaired) electrons. The lowest BCUT2D eigenvalue weighted by molar-refractivity contribution is 0.171. The maximum absolute atomic E-state index is 6.17. The van der Waals surface area contributed by atoms with Crippen molar-refractivity contribution in [2.24, 2.45) is 5.92 Å². The molecule has 2 heterocycles. The monoisotopic (exact) mass is 276 g/mol. The quantitative estimate of drug-likeness (QED) is 0.844. The van der Waals surface area contributed by atoms with Crippen LogP contribution in [0.5, 0.6) is 11.5 Å². The van der Waals surface area contributed by atoms with Gasteiger partial charge in [0.2, 0.25) is 0 Å². The molecular weight excluding hydrogens is 252 g/mol. The van der Waals surface area contributed by atoms with E-state index in [0.717, 1.165) is 48.3 Å². The Labute approximate surface area is 120 Å². The molecular formula is C16H24N2O2. The minimum atomic E-state index is 0.607. The van der Waals surface area contributed by atoms with Crippen LogP contribution in [0.1, 0.15) is 31.7 Å². The minimum absolute atomic E-state index is 0.607. The molecule has 1 saturated heterocycles. The second-order valence-corrected chi connectivity index (χ2v) is 6.01. The molecule has 4 heteroatoms. The zero-order valence-electron chi connectivity index (χ0n) is 12.2. The summed E-state index contributed by atoms with van der Waals surface area (Å²) in [5.74, 6) is 2.46. The van der Waals surface area contributed by atoms with Gasteiger partial charge in [-0.15, -0.1) is 0 Å². The molecule has 0 aliphatic carbocycles. The van der Waals surface area contributed by atoms with E-state index in [1.54, 1.807) is 0 Å². The van der Waals surface area contributed by atoms with E-state index in [2.05, 4.69) is 17.9 Å². The molecule has 2 aliphatic heterocycles. The lowest BCUT2D eigenvalue weighted by atomic mass is 10.0. The third-order valence-corrected chi connectivity index (χ3v) is 4.31. The number of fused-ring (bicyclic) bond motifs is 1. The first-order chi connectivity index (χ1) is 9.72. The van der Waals surface area contributed by atoms with Crippen molar-refractivity contribution in [1.29, 1.82) is 0 Å². The van der Waals surface area contributed by atoms with Gasteiger partial charge in [-0.3, -0.25) is 4.90 Å². The highest BCUT2D eigenvalue weighted by molar-refractivity contribution is 5.58. The van der Waals surface area contributed by atoms with Gasteiger partial charge in [0.05, 0.1) is 0 Å². The summed E-state index contributed by atoms with van der Waals surface area (Å²) in [6, 6.07) is 3.96. The number of ether oxygens (including phenoxy) is 2. The number of nitrogens with zero attached hydrogens (tertiary/aromatic N) is 1. The summed E-state index contributed by atoms with van der Waals surface area (Å²) >= 11 is 0. The summed E-state index contributed by atoms with van der Waals surface area (Å²) in [6.07, 6.45) is 3.91. The Balaban J connectivity index is 1.73. The molecule has 20 heavy (non-hydrogen) atoms. The van der Waals surface area contributed by atoms with E-state index in [1.807, 2.05) is 6.07 Å². The van der Waals surface area contributed by atoms with Crippen molar-refractivity contribution in [2.45, 2.75) is 32.7 Å². The van der Waals surface area contributed by atoms with Gasteiger partial charge in [0.15, 0.2) is 11.5 Å². The predicted octanol–water partition coefficient (Wildman–Crippen LogP) is 2.66. The van der Waals surface area contributed by atoms with Crippen LogP contribution in [0.4, 0.5) is 5.69 Å². The van der Waals surface area contributed by atoms with E-state index in [-0.39, 0.29) is 0 Å². The van der Waals surface area contributed by atoms with E-state index < -0.39 is 0 Å². The first-order valence-electron chi connectivity index (χ1n) is 7.63.